The van der Waals surface area contributed by atoms with Gasteiger partial charge in [0.25, 0.3) is 0 Å². The predicted molar refractivity (Wildman–Crippen MR) is 51.1 cm³/mol. The Labute approximate surface area is 73.3 Å². The van der Waals surface area contributed by atoms with Crippen molar-refractivity contribution in [1.29, 1.82) is 0 Å². The lowest BCUT2D eigenvalue weighted by atomic mass is 10.4. The lowest BCUT2D eigenvalue weighted by Gasteiger charge is -1.89. The number of aliphatic imine (C=N–C) groups is 1. The number of hydrogen-bond acceptors (Lipinski definition) is 2. The van der Waals surface area contributed by atoms with Gasteiger partial charge >= 0.3 is 0 Å². The molecule has 0 atom stereocenters. The summed E-state index contributed by atoms with van der Waals surface area (Å²) in [6.07, 6.45) is 1.62. The van der Waals surface area contributed by atoms with E-state index in [9.17, 15) is 0 Å². The molecule has 0 bridgehead atoms. The van der Waals surface area contributed by atoms with Crippen LogP contribution in [0.15, 0.2) is 27.8 Å². The van der Waals surface area contributed by atoms with Gasteiger partial charge in [0.15, 0.2) is 0 Å². The SMILES string of the molecule is CC.CC(N)=NCc1ccco1. The van der Waals surface area contributed by atoms with Gasteiger partial charge in [0.05, 0.1) is 18.6 Å². The minimum Gasteiger partial charge on any atom is -0.467 e. The molecular formula is C9H16N2O. The van der Waals surface area contributed by atoms with Crippen LogP contribution in [-0.2, 0) is 6.54 Å². The second-order valence-corrected chi connectivity index (χ2v) is 2.04. The van der Waals surface area contributed by atoms with Crippen LogP contribution in [-0.4, -0.2) is 5.84 Å². The monoisotopic (exact) mass is 168 g/mol. The van der Waals surface area contributed by atoms with Crippen LogP contribution in [0.5, 0.6) is 0 Å². The lowest BCUT2D eigenvalue weighted by molar-refractivity contribution is 0.512. The fraction of sp³-hybridized carbons (Fsp3) is 0.444. The van der Waals surface area contributed by atoms with Crippen LogP contribution >= 0.6 is 0 Å². The van der Waals surface area contributed by atoms with Crippen LogP contribution in [0.25, 0.3) is 0 Å². The maximum Gasteiger partial charge on any atom is 0.125 e. The molecule has 0 saturated heterocycles. The van der Waals surface area contributed by atoms with E-state index in [1.54, 1.807) is 13.2 Å². The molecule has 0 unspecified atom stereocenters. The minimum absolute atomic E-state index is 0.537. The Morgan fingerprint density at radius 3 is 2.67 bits per heavy atom. The molecule has 0 fully saturated rings. The molecule has 1 aromatic heterocycles. The van der Waals surface area contributed by atoms with E-state index in [1.165, 1.54) is 0 Å². The number of nitrogens with two attached hydrogens (primary N) is 1. The van der Waals surface area contributed by atoms with E-state index >= 15 is 0 Å². The number of furan rings is 1. The summed E-state index contributed by atoms with van der Waals surface area (Å²) in [5, 5.41) is 0. The molecule has 0 spiro atoms. The van der Waals surface area contributed by atoms with Gasteiger partial charge in [-0.15, -0.1) is 0 Å². The van der Waals surface area contributed by atoms with E-state index in [0.717, 1.165) is 5.76 Å². The Morgan fingerprint density at radius 1 is 1.58 bits per heavy atom. The molecule has 0 saturated carbocycles. The summed E-state index contributed by atoms with van der Waals surface area (Å²) in [5.41, 5.74) is 5.32. The van der Waals surface area contributed by atoms with Crippen LogP contribution in [0.2, 0.25) is 0 Å². The summed E-state index contributed by atoms with van der Waals surface area (Å²) in [6.45, 7) is 6.29. The van der Waals surface area contributed by atoms with Crippen molar-refractivity contribution >= 4 is 5.84 Å². The topological polar surface area (TPSA) is 51.5 Å². The second-order valence-electron chi connectivity index (χ2n) is 2.04. The van der Waals surface area contributed by atoms with Gasteiger partial charge in [-0.25, -0.2) is 0 Å². The van der Waals surface area contributed by atoms with Gasteiger partial charge in [-0.3, -0.25) is 4.99 Å². The second kappa shape index (κ2) is 6.46. The Balaban J connectivity index is 0.000000561. The minimum atomic E-state index is 0.537. The maximum absolute atomic E-state index is 5.32. The van der Waals surface area contributed by atoms with Crippen molar-refractivity contribution in [1.82, 2.24) is 0 Å². The average Bonchev–Trinajstić information content (AvgIpc) is 2.56. The van der Waals surface area contributed by atoms with E-state index in [-0.39, 0.29) is 0 Å². The van der Waals surface area contributed by atoms with E-state index in [1.807, 2.05) is 26.0 Å². The molecule has 2 N–H and O–H groups in total. The molecule has 12 heavy (non-hydrogen) atoms. The van der Waals surface area contributed by atoms with Crippen molar-refractivity contribution in [2.45, 2.75) is 27.3 Å². The lowest BCUT2D eigenvalue weighted by Crippen LogP contribution is -2.05. The third-order valence-electron chi connectivity index (χ3n) is 1.06. The molecule has 0 amide bonds. The van der Waals surface area contributed by atoms with Gasteiger partial charge in [-0.1, -0.05) is 13.8 Å². The van der Waals surface area contributed by atoms with Gasteiger partial charge in [0.2, 0.25) is 0 Å². The highest BCUT2D eigenvalue weighted by Crippen LogP contribution is 2.00. The van der Waals surface area contributed by atoms with E-state index in [0.29, 0.717) is 12.4 Å². The van der Waals surface area contributed by atoms with Crippen LogP contribution in [0.4, 0.5) is 0 Å². The van der Waals surface area contributed by atoms with Gasteiger partial charge in [0.1, 0.15) is 5.76 Å². The predicted octanol–water partition coefficient (Wildman–Crippen LogP) is 2.18. The Kier molecular flexibility index (Phi) is 5.79. The Bertz CT molecular complexity index is 210. The smallest absolute Gasteiger partial charge is 0.125 e. The highest BCUT2D eigenvalue weighted by atomic mass is 16.3. The largest absolute Gasteiger partial charge is 0.467 e. The van der Waals surface area contributed by atoms with Gasteiger partial charge < -0.3 is 10.2 Å². The normalized spacial score (nSPS) is 10.4. The zero-order valence-corrected chi connectivity index (χ0v) is 7.87. The van der Waals surface area contributed by atoms with Gasteiger partial charge in [-0.05, 0) is 19.1 Å². The number of rotatable bonds is 2. The van der Waals surface area contributed by atoms with Crippen LogP contribution < -0.4 is 5.73 Å². The molecule has 0 aliphatic rings. The van der Waals surface area contributed by atoms with Gasteiger partial charge in [0, 0.05) is 0 Å². The van der Waals surface area contributed by atoms with Gasteiger partial charge in [-0.2, -0.15) is 0 Å². The van der Waals surface area contributed by atoms with Crippen molar-refractivity contribution in [3.05, 3.63) is 24.2 Å². The number of amidine groups is 1. The molecule has 0 aromatic carbocycles. The molecule has 0 aliphatic carbocycles. The summed E-state index contributed by atoms with van der Waals surface area (Å²) < 4.78 is 5.02. The average molecular weight is 168 g/mol. The number of nitrogens with zero attached hydrogens (tertiary/aromatic N) is 1. The summed E-state index contributed by atoms with van der Waals surface area (Å²) in [6, 6.07) is 3.70. The van der Waals surface area contributed by atoms with Crippen molar-refractivity contribution in [2.24, 2.45) is 10.7 Å². The zero-order chi connectivity index (χ0) is 9.40. The summed E-state index contributed by atoms with van der Waals surface area (Å²) >= 11 is 0. The first-order valence-corrected chi connectivity index (χ1v) is 4.08. The number of hydrogen-bond donors (Lipinski definition) is 1. The Hall–Kier alpha value is -1.25. The third kappa shape index (κ3) is 4.55. The first-order valence-electron chi connectivity index (χ1n) is 4.08. The highest BCUT2D eigenvalue weighted by molar-refractivity contribution is 5.77. The molecule has 1 aromatic rings. The van der Waals surface area contributed by atoms with Crippen molar-refractivity contribution in [3.63, 3.8) is 0 Å². The first kappa shape index (κ1) is 10.8. The van der Waals surface area contributed by atoms with Crippen LogP contribution in [0.1, 0.15) is 26.5 Å². The molecule has 1 heterocycles. The fourth-order valence-electron chi connectivity index (χ4n) is 0.605. The zero-order valence-electron chi connectivity index (χ0n) is 7.87. The maximum atomic E-state index is 5.32. The van der Waals surface area contributed by atoms with Crippen molar-refractivity contribution in [2.75, 3.05) is 0 Å². The molecule has 0 aliphatic heterocycles. The first-order chi connectivity index (χ1) is 5.79. The van der Waals surface area contributed by atoms with Crippen molar-refractivity contribution < 1.29 is 4.42 Å². The fourth-order valence-corrected chi connectivity index (χ4v) is 0.605. The summed E-state index contributed by atoms with van der Waals surface area (Å²) in [4.78, 5) is 3.97. The summed E-state index contributed by atoms with van der Waals surface area (Å²) in [5.74, 6) is 1.42. The molecular weight excluding hydrogens is 152 g/mol. The van der Waals surface area contributed by atoms with E-state index in [2.05, 4.69) is 4.99 Å². The molecule has 68 valence electrons. The van der Waals surface area contributed by atoms with Crippen LogP contribution in [0, 0.1) is 0 Å². The molecule has 1 rings (SSSR count). The Morgan fingerprint density at radius 2 is 2.25 bits per heavy atom. The molecule has 3 heteroatoms. The standard InChI is InChI=1S/C7H10N2O.C2H6/c1-6(8)9-5-7-3-2-4-10-7;1-2/h2-4H,5H2,1H3,(H2,8,9);1-2H3. The van der Waals surface area contributed by atoms with Crippen molar-refractivity contribution in [3.8, 4) is 0 Å². The quantitative estimate of drug-likeness (QED) is 0.543. The molecule has 0 radical (unpaired) electrons. The summed E-state index contributed by atoms with van der Waals surface area (Å²) in [7, 11) is 0. The third-order valence-corrected chi connectivity index (χ3v) is 1.06. The molecule has 3 nitrogen and oxygen atoms in total. The van der Waals surface area contributed by atoms with E-state index < -0.39 is 0 Å². The van der Waals surface area contributed by atoms with E-state index in [4.69, 9.17) is 10.2 Å². The highest BCUT2D eigenvalue weighted by Gasteiger charge is 1.90. The van der Waals surface area contributed by atoms with Crippen LogP contribution in [0.3, 0.4) is 0 Å².